The highest BCUT2D eigenvalue weighted by atomic mass is 35.5. The van der Waals surface area contributed by atoms with Crippen LogP contribution in [0.4, 0.5) is 17.2 Å². The van der Waals surface area contributed by atoms with E-state index in [9.17, 15) is 19.2 Å². The Hall–Kier alpha value is -4.86. The molecule has 4 aliphatic rings. The van der Waals surface area contributed by atoms with Gasteiger partial charge < -0.3 is 19.4 Å². The number of amides is 1. The molecule has 3 aromatic rings. The van der Waals surface area contributed by atoms with E-state index in [0.717, 1.165) is 101 Å². The van der Waals surface area contributed by atoms with Crippen LogP contribution in [0.1, 0.15) is 80.3 Å². The number of halogens is 1. The third-order valence-corrected chi connectivity index (χ3v) is 12.6. The lowest BCUT2D eigenvalue weighted by Gasteiger charge is -2.39. The molecule has 2 aliphatic heterocycles. The van der Waals surface area contributed by atoms with Crippen molar-refractivity contribution < 1.29 is 23.9 Å². The van der Waals surface area contributed by atoms with Gasteiger partial charge in [0.2, 0.25) is 11.6 Å². The predicted molar refractivity (Wildman–Crippen MR) is 219 cm³/mol. The molecule has 1 unspecified atom stereocenters. The van der Waals surface area contributed by atoms with Crippen molar-refractivity contribution in [2.75, 3.05) is 62.7 Å². The number of hydrogen-bond donors (Lipinski definition) is 0. The summed E-state index contributed by atoms with van der Waals surface area (Å²) in [5.74, 6) is 2.19. The lowest BCUT2D eigenvalue weighted by molar-refractivity contribution is -0.141. The Labute approximate surface area is 340 Å². The van der Waals surface area contributed by atoms with Gasteiger partial charge in [-0.15, -0.1) is 10.2 Å². The third kappa shape index (κ3) is 10.4. The molecule has 0 radical (unpaired) electrons. The summed E-state index contributed by atoms with van der Waals surface area (Å²) in [6.45, 7) is 14.0. The minimum atomic E-state index is -0.496. The zero-order chi connectivity index (χ0) is 39.9. The minimum Gasteiger partial charge on any atom is -0.490 e. The SMILES string of the molecule is [C-]#[N+]c1ccc(OC2CCC(CC(=O)c3ccc(N4CCC(CN5CCN(c6ccc(CC(=O)N(C)C7CCC(=O)CC7=O)cc6)CC5)CC4)nn3)CC2)cc1Cl. The van der Waals surface area contributed by atoms with E-state index in [4.69, 9.17) is 22.9 Å². The van der Waals surface area contributed by atoms with E-state index in [1.54, 1.807) is 25.2 Å². The maximum Gasteiger partial charge on any atom is 0.227 e. The average molecular weight is 794 g/mol. The van der Waals surface area contributed by atoms with Crippen molar-refractivity contribution in [1.29, 1.82) is 0 Å². The van der Waals surface area contributed by atoms with Crippen LogP contribution in [-0.2, 0) is 20.8 Å². The Kier molecular flexibility index (Phi) is 13.2. The Morgan fingerprint density at radius 3 is 2.25 bits per heavy atom. The first-order chi connectivity index (χ1) is 27.6. The maximum absolute atomic E-state index is 13.1. The van der Waals surface area contributed by atoms with E-state index in [0.29, 0.717) is 53.3 Å². The quantitative estimate of drug-likeness (QED) is 0.112. The van der Waals surface area contributed by atoms with Crippen LogP contribution >= 0.6 is 11.6 Å². The Morgan fingerprint density at radius 1 is 0.860 bits per heavy atom. The van der Waals surface area contributed by atoms with Gasteiger partial charge in [-0.1, -0.05) is 29.8 Å². The second-order valence-electron chi connectivity index (χ2n) is 16.2. The van der Waals surface area contributed by atoms with Crippen molar-refractivity contribution >= 4 is 52.1 Å². The number of aromatic nitrogens is 2. The number of rotatable bonds is 12. The smallest absolute Gasteiger partial charge is 0.227 e. The first-order valence-corrected chi connectivity index (χ1v) is 20.8. The second kappa shape index (κ2) is 18.6. The molecule has 2 aliphatic carbocycles. The molecule has 7 rings (SSSR count). The van der Waals surface area contributed by atoms with Gasteiger partial charge in [-0.25, -0.2) is 4.85 Å². The average Bonchev–Trinajstić information content (AvgIpc) is 3.22. The van der Waals surface area contributed by atoms with Gasteiger partial charge in [0.25, 0.3) is 0 Å². The molecule has 3 heterocycles. The largest absolute Gasteiger partial charge is 0.490 e. The van der Waals surface area contributed by atoms with Gasteiger partial charge in [0.05, 0.1) is 36.6 Å². The fraction of sp³-hybridized carbons (Fsp3) is 0.523. The molecule has 12 nitrogen and oxygen atoms in total. The molecular formula is C44H52ClN7O5. The van der Waals surface area contributed by atoms with Crippen molar-refractivity contribution in [1.82, 2.24) is 20.0 Å². The summed E-state index contributed by atoms with van der Waals surface area (Å²) in [5, 5.41) is 9.23. The highest BCUT2D eigenvalue weighted by Crippen LogP contribution is 2.34. The number of Topliss-reactive ketones (excluding diaryl/α,β-unsaturated/α-hetero) is 3. The second-order valence-corrected chi connectivity index (χ2v) is 16.6. The Morgan fingerprint density at radius 2 is 1.60 bits per heavy atom. The van der Waals surface area contributed by atoms with Crippen LogP contribution in [0.3, 0.4) is 0 Å². The number of benzene rings is 2. The number of carbonyl (C=O) groups is 4. The molecule has 4 fully saturated rings. The van der Waals surface area contributed by atoms with Gasteiger partial charge >= 0.3 is 0 Å². The van der Waals surface area contributed by atoms with Gasteiger partial charge in [-0.05, 0) is 98.7 Å². The van der Waals surface area contributed by atoms with E-state index in [2.05, 4.69) is 41.9 Å². The predicted octanol–water partition coefficient (Wildman–Crippen LogP) is 6.62. The molecule has 13 heteroatoms. The zero-order valence-electron chi connectivity index (χ0n) is 32.8. The van der Waals surface area contributed by atoms with Crippen LogP contribution in [0, 0.1) is 18.4 Å². The number of nitrogens with zero attached hydrogens (tertiary/aromatic N) is 7. The number of ether oxygens (including phenoxy) is 1. The first-order valence-electron chi connectivity index (χ1n) is 20.4. The number of carbonyl (C=O) groups excluding carboxylic acids is 4. The molecule has 57 heavy (non-hydrogen) atoms. The molecule has 0 N–H and O–H groups in total. The van der Waals surface area contributed by atoms with Crippen LogP contribution in [-0.4, -0.2) is 108 Å². The van der Waals surface area contributed by atoms with Gasteiger partial charge in [0, 0.05) is 71.4 Å². The molecule has 1 atom stereocenters. The summed E-state index contributed by atoms with van der Waals surface area (Å²) >= 11 is 6.17. The lowest BCUT2D eigenvalue weighted by Crippen LogP contribution is -2.49. The summed E-state index contributed by atoms with van der Waals surface area (Å²) in [6.07, 6.45) is 7.24. The fourth-order valence-electron chi connectivity index (χ4n) is 8.77. The van der Waals surface area contributed by atoms with Gasteiger partial charge in [0.15, 0.2) is 17.4 Å². The van der Waals surface area contributed by atoms with E-state index >= 15 is 0 Å². The molecule has 300 valence electrons. The number of anilines is 2. The number of piperazine rings is 1. The summed E-state index contributed by atoms with van der Waals surface area (Å²) in [5.41, 5.74) is 2.93. The zero-order valence-corrected chi connectivity index (χ0v) is 33.5. The van der Waals surface area contributed by atoms with E-state index in [1.807, 2.05) is 24.3 Å². The van der Waals surface area contributed by atoms with Gasteiger partial charge in [0.1, 0.15) is 17.2 Å². The van der Waals surface area contributed by atoms with Crippen LogP contribution in [0.25, 0.3) is 4.85 Å². The molecule has 0 spiro atoms. The topological polar surface area (TPSA) is 121 Å². The molecule has 0 bridgehead atoms. The molecule has 1 aromatic heterocycles. The summed E-state index contributed by atoms with van der Waals surface area (Å²) in [4.78, 5) is 62.1. The molecular weight excluding hydrogens is 742 g/mol. The highest BCUT2D eigenvalue weighted by Gasteiger charge is 2.32. The van der Waals surface area contributed by atoms with Crippen molar-refractivity contribution in [2.24, 2.45) is 11.8 Å². The normalized spacial score (nSPS) is 22.2. The van der Waals surface area contributed by atoms with E-state index in [-0.39, 0.29) is 42.2 Å². The Balaban J connectivity index is 0.785. The molecule has 2 saturated carbocycles. The monoisotopic (exact) mass is 793 g/mol. The van der Waals surface area contributed by atoms with Crippen LogP contribution < -0.4 is 14.5 Å². The maximum atomic E-state index is 13.1. The summed E-state index contributed by atoms with van der Waals surface area (Å²) in [7, 11) is 1.67. The van der Waals surface area contributed by atoms with Crippen molar-refractivity contribution in [3.05, 3.63) is 82.3 Å². The number of ketones is 3. The summed E-state index contributed by atoms with van der Waals surface area (Å²) in [6, 6.07) is 16.6. The first kappa shape index (κ1) is 40.3. The van der Waals surface area contributed by atoms with Crippen molar-refractivity contribution in [3.8, 4) is 5.75 Å². The minimum absolute atomic E-state index is 0.0383. The van der Waals surface area contributed by atoms with Gasteiger partial charge in [-0.3, -0.25) is 24.1 Å². The standard InChI is InChI=1S/C44H52ClN7O5/c1-46-38-13-12-36(28-37(38)45)57-35-10-5-30(6-11-35)25-41(54)39-14-16-43(48-47-39)52-19-17-32(18-20-52)29-50-21-23-51(24-22-50)33-7-3-31(4-8-33)26-44(56)49(2)40-15-9-34(53)27-42(40)55/h3-4,7-8,12-14,16,28,30,32,35,40H,5-6,9-11,15,17-27,29H2,2H3. The summed E-state index contributed by atoms with van der Waals surface area (Å²) < 4.78 is 6.12. The highest BCUT2D eigenvalue weighted by molar-refractivity contribution is 6.33. The Bertz CT molecular complexity index is 1940. The number of likely N-dealkylation sites (N-methyl/N-ethyl adjacent to an activating group) is 1. The van der Waals surface area contributed by atoms with Crippen molar-refractivity contribution in [2.45, 2.75) is 82.8 Å². The van der Waals surface area contributed by atoms with Crippen LogP contribution in [0.5, 0.6) is 5.75 Å². The van der Waals surface area contributed by atoms with E-state index < -0.39 is 6.04 Å². The van der Waals surface area contributed by atoms with Crippen LogP contribution in [0.2, 0.25) is 5.02 Å². The molecule has 2 aromatic carbocycles. The van der Waals surface area contributed by atoms with Crippen molar-refractivity contribution in [3.63, 3.8) is 0 Å². The number of piperidine rings is 1. The fourth-order valence-corrected chi connectivity index (χ4v) is 8.99. The van der Waals surface area contributed by atoms with Gasteiger partial charge in [-0.2, -0.15) is 0 Å². The van der Waals surface area contributed by atoms with E-state index in [1.165, 1.54) is 4.90 Å². The lowest BCUT2D eigenvalue weighted by atomic mass is 9.84. The molecule has 2 saturated heterocycles. The molecule has 1 amide bonds. The third-order valence-electron chi connectivity index (χ3n) is 12.3. The number of hydrogen-bond acceptors (Lipinski definition) is 10. The van der Waals surface area contributed by atoms with Crippen LogP contribution in [0.15, 0.2) is 54.6 Å².